The van der Waals surface area contributed by atoms with Crippen molar-refractivity contribution in [3.63, 3.8) is 0 Å². The summed E-state index contributed by atoms with van der Waals surface area (Å²) in [6, 6.07) is 15.6. The Kier molecular flexibility index (Phi) is 8.29. The summed E-state index contributed by atoms with van der Waals surface area (Å²) in [7, 11) is 1.56. The Hall–Kier alpha value is -3.82. The maximum absolute atomic E-state index is 12.8. The molecule has 0 saturated heterocycles. The zero-order valence-corrected chi connectivity index (χ0v) is 19.5. The van der Waals surface area contributed by atoms with Crippen LogP contribution in [0, 0.1) is 5.41 Å². The Morgan fingerprint density at radius 3 is 2.62 bits per heavy atom. The number of nitrogen functional groups attached to an aromatic ring is 2. The second-order valence-electron chi connectivity index (χ2n) is 7.55. The molecule has 1 amide bonds. The van der Waals surface area contributed by atoms with E-state index in [2.05, 4.69) is 10.3 Å². The zero-order chi connectivity index (χ0) is 24.7. The zero-order valence-electron chi connectivity index (χ0n) is 18.7. The van der Waals surface area contributed by atoms with E-state index in [1.807, 2.05) is 0 Å². The number of hydrogen-bond acceptors (Lipinski definition) is 6. The molecule has 0 spiro atoms. The van der Waals surface area contributed by atoms with Crippen molar-refractivity contribution < 1.29 is 14.7 Å². The molecule has 1 heterocycles. The van der Waals surface area contributed by atoms with Crippen molar-refractivity contribution >= 4 is 29.0 Å². The van der Waals surface area contributed by atoms with Crippen LogP contribution in [-0.4, -0.2) is 41.9 Å². The summed E-state index contributed by atoms with van der Waals surface area (Å²) in [6.07, 6.45) is -0.153. The number of ether oxygens (including phenoxy) is 1. The van der Waals surface area contributed by atoms with Crippen molar-refractivity contribution in [2.45, 2.75) is 13.0 Å². The van der Waals surface area contributed by atoms with Crippen LogP contribution in [-0.2, 0) is 22.5 Å². The standard InChI is InChI=1S/C24H27ClN6O3/c1-34-10-9-29-21-12-19(25)23(17-3-2-4-18(26)11-17)20(31(21)33)13-22(32)30-14-15-5-7-16(8-6-15)24(27)28/h2-8,11-12,33H,9-10,13-14,26H2,1H3,(H3,27,28)(H,30,32). The molecule has 0 aliphatic rings. The number of nitrogens with zero attached hydrogens (tertiary/aromatic N) is 2. The highest BCUT2D eigenvalue weighted by Gasteiger charge is 2.19. The first-order valence-electron chi connectivity index (χ1n) is 10.5. The molecule has 10 heteroatoms. The number of aromatic nitrogens is 1. The van der Waals surface area contributed by atoms with Gasteiger partial charge in [-0.3, -0.25) is 15.2 Å². The van der Waals surface area contributed by atoms with Gasteiger partial charge in [-0.1, -0.05) is 48.0 Å². The molecule has 0 fully saturated rings. The van der Waals surface area contributed by atoms with Crippen LogP contribution in [0.2, 0.25) is 5.02 Å². The van der Waals surface area contributed by atoms with Gasteiger partial charge in [-0.15, -0.1) is 0 Å². The number of nitrogens with two attached hydrogens (primary N) is 2. The molecule has 3 rings (SSSR count). The van der Waals surface area contributed by atoms with Crippen molar-refractivity contribution in [3.05, 3.63) is 81.9 Å². The third kappa shape index (κ3) is 6.15. The average Bonchev–Trinajstić information content (AvgIpc) is 2.81. The quantitative estimate of drug-likeness (QED) is 0.104. The first kappa shape index (κ1) is 24.8. The molecular formula is C24H27ClN6O3. The molecule has 7 N–H and O–H groups in total. The molecule has 178 valence electrons. The van der Waals surface area contributed by atoms with E-state index in [0.29, 0.717) is 40.6 Å². The van der Waals surface area contributed by atoms with Gasteiger partial charge in [0, 0.05) is 36.5 Å². The van der Waals surface area contributed by atoms with Crippen molar-refractivity contribution in [2.75, 3.05) is 26.0 Å². The lowest BCUT2D eigenvalue weighted by molar-refractivity contribution is -0.120. The lowest BCUT2D eigenvalue weighted by Crippen LogP contribution is -2.30. The van der Waals surface area contributed by atoms with Gasteiger partial charge in [-0.05, 0) is 23.3 Å². The third-order valence-electron chi connectivity index (χ3n) is 5.08. The number of amidine groups is 1. The second kappa shape index (κ2) is 11.4. The SMILES string of the molecule is COCCN=c1cc(Cl)c(-c2cccc(N)c2)c(CC(=O)NCc2ccc(C(=N)N)cc2)n1O. The molecule has 0 aliphatic heterocycles. The number of nitrogens with one attached hydrogen (secondary N) is 2. The van der Waals surface area contributed by atoms with Crippen LogP contribution in [0.15, 0.2) is 59.6 Å². The van der Waals surface area contributed by atoms with Crippen LogP contribution in [0.25, 0.3) is 11.1 Å². The fourth-order valence-corrected chi connectivity index (χ4v) is 3.69. The van der Waals surface area contributed by atoms with Gasteiger partial charge in [-0.25, -0.2) is 0 Å². The monoisotopic (exact) mass is 482 g/mol. The minimum absolute atomic E-state index is 0.0233. The van der Waals surface area contributed by atoms with Crippen molar-refractivity contribution in [2.24, 2.45) is 10.7 Å². The van der Waals surface area contributed by atoms with Gasteiger partial charge < -0.3 is 26.7 Å². The summed E-state index contributed by atoms with van der Waals surface area (Å²) < 4.78 is 5.89. The minimum Gasteiger partial charge on any atom is -0.427 e. The summed E-state index contributed by atoms with van der Waals surface area (Å²) in [6.45, 7) is 0.946. The first-order chi connectivity index (χ1) is 16.3. The normalized spacial score (nSPS) is 11.4. The fourth-order valence-electron chi connectivity index (χ4n) is 3.37. The molecule has 0 saturated carbocycles. The Bertz CT molecular complexity index is 1250. The highest BCUT2D eigenvalue weighted by atomic mass is 35.5. The van der Waals surface area contributed by atoms with Gasteiger partial charge in [-0.2, -0.15) is 4.73 Å². The minimum atomic E-state index is -0.325. The first-order valence-corrected chi connectivity index (χ1v) is 10.9. The number of benzene rings is 2. The van der Waals surface area contributed by atoms with Gasteiger partial charge in [0.25, 0.3) is 0 Å². The summed E-state index contributed by atoms with van der Waals surface area (Å²) in [5, 5.41) is 21.5. The number of anilines is 1. The number of halogens is 1. The van der Waals surface area contributed by atoms with Gasteiger partial charge in [0.2, 0.25) is 5.91 Å². The van der Waals surface area contributed by atoms with Crippen LogP contribution < -0.4 is 22.3 Å². The highest BCUT2D eigenvalue weighted by molar-refractivity contribution is 6.33. The molecule has 3 aromatic rings. The number of pyridine rings is 1. The molecule has 34 heavy (non-hydrogen) atoms. The smallest absolute Gasteiger partial charge is 0.226 e. The lowest BCUT2D eigenvalue weighted by Gasteiger charge is -2.16. The van der Waals surface area contributed by atoms with E-state index >= 15 is 0 Å². The van der Waals surface area contributed by atoms with Crippen LogP contribution >= 0.6 is 11.6 Å². The van der Waals surface area contributed by atoms with Crippen LogP contribution in [0.5, 0.6) is 0 Å². The molecule has 9 nitrogen and oxygen atoms in total. The van der Waals surface area contributed by atoms with E-state index in [1.54, 1.807) is 55.6 Å². The van der Waals surface area contributed by atoms with E-state index in [9.17, 15) is 10.0 Å². The van der Waals surface area contributed by atoms with Crippen molar-refractivity contribution in [1.82, 2.24) is 10.0 Å². The van der Waals surface area contributed by atoms with E-state index in [4.69, 9.17) is 33.2 Å². The number of methoxy groups -OCH3 is 1. The number of amides is 1. The van der Waals surface area contributed by atoms with Crippen LogP contribution in [0.1, 0.15) is 16.8 Å². The van der Waals surface area contributed by atoms with Crippen molar-refractivity contribution in [3.8, 4) is 11.1 Å². The molecule has 0 radical (unpaired) electrons. The molecular weight excluding hydrogens is 456 g/mol. The molecule has 2 aromatic carbocycles. The van der Waals surface area contributed by atoms with E-state index in [0.717, 1.165) is 10.3 Å². The maximum atomic E-state index is 12.8. The predicted molar refractivity (Wildman–Crippen MR) is 132 cm³/mol. The Morgan fingerprint density at radius 2 is 1.97 bits per heavy atom. The number of carbonyl (C=O) groups is 1. The van der Waals surface area contributed by atoms with Crippen LogP contribution in [0.4, 0.5) is 5.69 Å². The average molecular weight is 483 g/mol. The Morgan fingerprint density at radius 1 is 1.24 bits per heavy atom. The van der Waals surface area contributed by atoms with Gasteiger partial charge >= 0.3 is 0 Å². The molecule has 0 aliphatic carbocycles. The summed E-state index contributed by atoms with van der Waals surface area (Å²) in [5.74, 6) is -0.349. The fraction of sp³-hybridized carbons (Fsp3) is 0.208. The largest absolute Gasteiger partial charge is 0.427 e. The van der Waals surface area contributed by atoms with E-state index in [1.165, 1.54) is 6.07 Å². The molecule has 0 atom stereocenters. The number of hydrogen-bond donors (Lipinski definition) is 5. The molecule has 1 aromatic heterocycles. The Labute approximate surface area is 202 Å². The summed E-state index contributed by atoms with van der Waals surface area (Å²) >= 11 is 6.59. The van der Waals surface area contributed by atoms with E-state index in [-0.39, 0.29) is 35.9 Å². The molecule has 0 bridgehead atoms. The molecule has 0 unspecified atom stereocenters. The van der Waals surface area contributed by atoms with Crippen LogP contribution in [0.3, 0.4) is 0 Å². The summed E-state index contributed by atoms with van der Waals surface area (Å²) in [4.78, 5) is 17.2. The van der Waals surface area contributed by atoms with Crippen molar-refractivity contribution in [1.29, 1.82) is 5.41 Å². The number of carbonyl (C=O) groups excluding carboxylic acids is 1. The van der Waals surface area contributed by atoms with Gasteiger partial charge in [0.15, 0.2) is 5.49 Å². The lowest BCUT2D eigenvalue weighted by atomic mass is 10.0. The highest BCUT2D eigenvalue weighted by Crippen LogP contribution is 2.31. The van der Waals surface area contributed by atoms with E-state index < -0.39 is 0 Å². The Balaban J connectivity index is 1.91. The third-order valence-corrected chi connectivity index (χ3v) is 5.38. The van der Waals surface area contributed by atoms with Gasteiger partial charge in [0.1, 0.15) is 5.84 Å². The van der Waals surface area contributed by atoms with Gasteiger partial charge in [0.05, 0.1) is 30.3 Å². The predicted octanol–water partition coefficient (Wildman–Crippen LogP) is 2.32. The number of rotatable bonds is 9. The second-order valence-corrected chi connectivity index (χ2v) is 7.96. The topological polar surface area (TPSA) is 152 Å². The maximum Gasteiger partial charge on any atom is 0.226 e. The summed E-state index contributed by atoms with van der Waals surface area (Å²) in [5.41, 5.74) is 15.0.